The van der Waals surface area contributed by atoms with Crippen LogP contribution < -0.4 is 5.32 Å². The van der Waals surface area contributed by atoms with E-state index in [1.165, 1.54) is 38.9 Å². The lowest BCUT2D eigenvalue weighted by Gasteiger charge is -2.33. The van der Waals surface area contributed by atoms with Gasteiger partial charge >= 0.3 is 0 Å². The third kappa shape index (κ3) is 5.56. The summed E-state index contributed by atoms with van der Waals surface area (Å²) < 4.78 is 5.46. The van der Waals surface area contributed by atoms with Crippen molar-refractivity contribution in [3.05, 3.63) is 30.1 Å². The van der Waals surface area contributed by atoms with Gasteiger partial charge in [-0.1, -0.05) is 6.07 Å². The molecule has 0 bridgehead atoms. The largest absolute Gasteiger partial charge is 0.381 e. The van der Waals surface area contributed by atoms with Crippen LogP contribution in [0.25, 0.3) is 0 Å². The minimum Gasteiger partial charge on any atom is -0.381 e. The van der Waals surface area contributed by atoms with Crippen molar-refractivity contribution in [3.63, 3.8) is 0 Å². The summed E-state index contributed by atoms with van der Waals surface area (Å²) in [5, 5.41) is 2.99. The maximum absolute atomic E-state index is 12.0. The number of pyridine rings is 1. The van der Waals surface area contributed by atoms with Crippen LogP contribution >= 0.6 is 0 Å². The molecule has 1 amide bonds. The van der Waals surface area contributed by atoms with Crippen molar-refractivity contribution in [1.82, 2.24) is 15.2 Å². The molecule has 3 heterocycles. The minimum atomic E-state index is 0.157. The number of aromatic nitrogens is 1. The van der Waals surface area contributed by atoms with Crippen LogP contribution in [0, 0.1) is 11.8 Å². The first-order valence-electron chi connectivity index (χ1n) is 9.25. The van der Waals surface area contributed by atoms with Crippen LogP contribution in [-0.4, -0.2) is 48.6 Å². The first kappa shape index (κ1) is 17.4. The Kier molecular flexibility index (Phi) is 6.61. The average Bonchev–Trinajstić information content (AvgIpc) is 3.13. The molecule has 24 heavy (non-hydrogen) atoms. The summed E-state index contributed by atoms with van der Waals surface area (Å²) in [7, 11) is 0. The topological polar surface area (TPSA) is 54.5 Å². The summed E-state index contributed by atoms with van der Waals surface area (Å²) in [6, 6.07) is 3.88. The molecule has 0 aliphatic carbocycles. The number of nitrogens with zero attached hydrogens (tertiary/aromatic N) is 2. The van der Waals surface area contributed by atoms with Gasteiger partial charge in [-0.3, -0.25) is 9.78 Å². The summed E-state index contributed by atoms with van der Waals surface area (Å²) >= 11 is 0. The van der Waals surface area contributed by atoms with Crippen molar-refractivity contribution >= 4 is 5.91 Å². The number of hydrogen-bond donors (Lipinski definition) is 1. The molecule has 0 saturated carbocycles. The molecule has 2 fully saturated rings. The number of hydrogen-bond acceptors (Lipinski definition) is 4. The first-order valence-corrected chi connectivity index (χ1v) is 9.25. The fourth-order valence-corrected chi connectivity index (χ4v) is 3.68. The molecule has 1 unspecified atom stereocenters. The number of likely N-dealkylation sites (tertiary alicyclic amines) is 1. The zero-order valence-corrected chi connectivity index (χ0v) is 14.5. The molecule has 2 saturated heterocycles. The number of ether oxygens (including phenoxy) is 1. The maximum atomic E-state index is 12.0. The second kappa shape index (κ2) is 9.14. The number of nitrogens with one attached hydrogen (secondary N) is 1. The summed E-state index contributed by atoms with van der Waals surface area (Å²) in [4.78, 5) is 18.6. The third-order valence-corrected chi connectivity index (χ3v) is 5.24. The van der Waals surface area contributed by atoms with E-state index in [1.807, 2.05) is 12.1 Å². The normalized spacial score (nSPS) is 22.6. The zero-order valence-electron chi connectivity index (χ0n) is 14.5. The van der Waals surface area contributed by atoms with Crippen molar-refractivity contribution in [1.29, 1.82) is 0 Å². The summed E-state index contributed by atoms with van der Waals surface area (Å²) in [6.07, 6.45) is 8.87. The smallest absolute Gasteiger partial charge is 0.220 e. The number of carbonyl (C=O) groups is 1. The van der Waals surface area contributed by atoms with Crippen LogP contribution in [0.5, 0.6) is 0 Å². The SMILES string of the molecule is O=C(CCC1CCN(CC2CCOC2)CC1)NCc1cccnc1. The van der Waals surface area contributed by atoms with Crippen LogP contribution in [0.2, 0.25) is 0 Å². The molecule has 2 aliphatic rings. The number of rotatable bonds is 7. The van der Waals surface area contributed by atoms with Gasteiger partial charge < -0.3 is 15.0 Å². The van der Waals surface area contributed by atoms with E-state index in [-0.39, 0.29) is 5.91 Å². The van der Waals surface area contributed by atoms with E-state index < -0.39 is 0 Å². The molecule has 0 spiro atoms. The summed E-state index contributed by atoms with van der Waals surface area (Å²) in [6.45, 7) is 6.01. The molecule has 1 aromatic heterocycles. The van der Waals surface area contributed by atoms with Crippen molar-refractivity contribution in [2.75, 3.05) is 32.8 Å². The van der Waals surface area contributed by atoms with Gasteiger partial charge in [0.1, 0.15) is 0 Å². The molecule has 1 aromatic rings. The van der Waals surface area contributed by atoms with Crippen LogP contribution in [0.4, 0.5) is 0 Å². The van der Waals surface area contributed by atoms with Gasteiger partial charge in [0.15, 0.2) is 0 Å². The quantitative estimate of drug-likeness (QED) is 0.832. The van der Waals surface area contributed by atoms with Crippen molar-refractivity contribution < 1.29 is 9.53 Å². The molecular weight excluding hydrogens is 302 g/mol. The Hall–Kier alpha value is -1.46. The molecule has 2 aliphatic heterocycles. The van der Waals surface area contributed by atoms with Gasteiger partial charge in [0, 0.05) is 38.5 Å². The standard InChI is InChI=1S/C19H29N3O2/c23-19(21-13-17-2-1-8-20-12-17)4-3-16-5-9-22(10-6-16)14-18-7-11-24-15-18/h1-2,8,12,16,18H,3-7,9-11,13-15H2,(H,21,23). The number of piperidine rings is 1. The first-order chi connectivity index (χ1) is 11.8. The average molecular weight is 331 g/mol. The molecule has 1 N–H and O–H groups in total. The van der Waals surface area contributed by atoms with Gasteiger partial charge in [0.05, 0.1) is 6.61 Å². The lowest BCUT2D eigenvalue weighted by molar-refractivity contribution is -0.121. The highest BCUT2D eigenvalue weighted by Crippen LogP contribution is 2.24. The minimum absolute atomic E-state index is 0.157. The third-order valence-electron chi connectivity index (χ3n) is 5.24. The van der Waals surface area contributed by atoms with E-state index in [9.17, 15) is 4.79 Å². The maximum Gasteiger partial charge on any atom is 0.220 e. The van der Waals surface area contributed by atoms with Crippen LogP contribution in [0.15, 0.2) is 24.5 Å². The monoisotopic (exact) mass is 331 g/mol. The Morgan fingerprint density at radius 1 is 1.29 bits per heavy atom. The van der Waals surface area contributed by atoms with Gasteiger partial charge in [0.2, 0.25) is 5.91 Å². The molecule has 5 heteroatoms. The van der Waals surface area contributed by atoms with Crippen molar-refractivity contribution in [3.8, 4) is 0 Å². The van der Waals surface area contributed by atoms with Gasteiger partial charge in [-0.25, -0.2) is 0 Å². The van der Waals surface area contributed by atoms with Gasteiger partial charge in [-0.2, -0.15) is 0 Å². The van der Waals surface area contributed by atoms with E-state index in [1.54, 1.807) is 12.4 Å². The highest BCUT2D eigenvalue weighted by Gasteiger charge is 2.24. The summed E-state index contributed by atoms with van der Waals surface area (Å²) in [5.74, 6) is 1.59. The van der Waals surface area contributed by atoms with Crippen molar-refractivity contribution in [2.24, 2.45) is 11.8 Å². The second-order valence-electron chi connectivity index (χ2n) is 7.15. The Morgan fingerprint density at radius 3 is 2.88 bits per heavy atom. The summed E-state index contributed by atoms with van der Waals surface area (Å²) in [5.41, 5.74) is 1.05. The highest BCUT2D eigenvalue weighted by atomic mass is 16.5. The van der Waals surface area contributed by atoms with Crippen LogP contribution in [0.1, 0.15) is 37.7 Å². The fourth-order valence-electron chi connectivity index (χ4n) is 3.68. The molecule has 0 radical (unpaired) electrons. The molecule has 5 nitrogen and oxygen atoms in total. The van der Waals surface area contributed by atoms with Gasteiger partial charge in [-0.15, -0.1) is 0 Å². The molecular formula is C19H29N3O2. The molecule has 132 valence electrons. The number of amides is 1. The Labute approximate surface area is 144 Å². The van der Waals surface area contributed by atoms with E-state index in [2.05, 4.69) is 15.2 Å². The predicted molar refractivity (Wildman–Crippen MR) is 93.4 cm³/mol. The van der Waals surface area contributed by atoms with E-state index in [0.29, 0.717) is 18.9 Å². The molecule has 0 aromatic carbocycles. The van der Waals surface area contributed by atoms with Crippen LogP contribution in [-0.2, 0) is 16.1 Å². The lowest BCUT2D eigenvalue weighted by atomic mass is 9.91. The highest BCUT2D eigenvalue weighted by molar-refractivity contribution is 5.75. The Bertz CT molecular complexity index is 495. The Morgan fingerprint density at radius 2 is 2.17 bits per heavy atom. The number of carbonyl (C=O) groups excluding carboxylic acids is 1. The lowest BCUT2D eigenvalue weighted by Crippen LogP contribution is -2.37. The van der Waals surface area contributed by atoms with E-state index >= 15 is 0 Å². The van der Waals surface area contributed by atoms with Gasteiger partial charge in [-0.05, 0) is 62.2 Å². The van der Waals surface area contributed by atoms with Crippen LogP contribution in [0.3, 0.4) is 0 Å². The molecule has 1 atom stereocenters. The predicted octanol–water partition coefficient (Wildman–Crippen LogP) is 2.23. The second-order valence-corrected chi connectivity index (χ2v) is 7.15. The fraction of sp³-hybridized carbons (Fsp3) is 0.684. The van der Waals surface area contributed by atoms with Crippen molar-refractivity contribution in [2.45, 2.75) is 38.6 Å². The zero-order chi connectivity index (χ0) is 16.6. The van der Waals surface area contributed by atoms with E-state index in [4.69, 9.17) is 4.74 Å². The Balaban J connectivity index is 1.28. The molecule has 3 rings (SSSR count). The van der Waals surface area contributed by atoms with E-state index in [0.717, 1.165) is 31.1 Å². The van der Waals surface area contributed by atoms with Gasteiger partial charge in [0.25, 0.3) is 0 Å².